The molecule has 5 nitrogen and oxygen atoms in total. The Balaban J connectivity index is 2.73. The molecule has 0 aliphatic rings. The summed E-state index contributed by atoms with van der Waals surface area (Å²) in [5.74, 6) is 0.357. The van der Waals surface area contributed by atoms with E-state index in [9.17, 15) is 9.59 Å². The Bertz CT molecular complexity index is 465. The molecule has 0 spiro atoms. The summed E-state index contributed by atoms with van der Waals surface area (Å²) in [4.78, 5) is 25.6. The average molecular weight is 286 g/mol. The van der Waals surface area contributed by atoms with Crippen LogP contribution in [0.15, 0.2) is 10.2 Å². The Morgan fingerprint density at radius 1 is 1.53 bits per heavy atom. The topological polar surface area (TPSA) is 51.5 Å². The van der Waals surface area contributed by atoms with Crippen molar-refractivity contribution in [2.45, 2.75) is 27.3 Å². The summed E-state index contributed by atoms with van der Waals surface area (Å²) in [7, 11) is 1.62. The van der Waals surface area contributed by atoms with E-state index in [1.807, 2.05) is 6.92 Å². The zero-order chi connectivity index (χ0) is 14.4. The minimum atomic E-state index is -0.0814. The van der Waals surface area contributed by atoms with Crippen molar-refractivity contribution in [2.24, 2.45) is 5.92 Å². The molecule has 0 radical (unpaired) electrons. The normalized spacial score (nSPS) is 11.0. The molecule has 1 heterocycles. The van der Waals surface area contributed by atoms with Crippen molar-refractivity contribution in [3.63, 3.8) is 0 Å². The third kappa shape index (κ3) is 4.80. The molecule has 0 aliphatic heterocycles. The van der Waals surface area contributed by atoms with Gasteiger partial charge in [0.25, 0.3) is 0 Å². The van der Waals surface area contributed by atoms with Gasteiger partial charge < -0.3 is 9.64 Å². The molecule has 0 aliphatic carbocycles. The molecule has 1 rings (SSSR count). The van der Waals surface area contributed by atoms with Gasteiger partial charge in [-0.05, 0) is 12.8 Å². The Kier molecular flexibility index (Phi) is 6.24. The van der Waals surface area contributed by atoms with E-state index in [1.54, 1.807) is 17.4 Å². The first-order chi connectivity index (χ1) is 8.95. The number of amides is 1. The van der Waals surface area contributed by atoms with E-state index >= 15 is 0 Å². The second-order valence-electron chi connectivity index (χ2n) is 4.96. The minimum Gasteiger partial charge on any atom is -0.383 e. The molecule has 0 fully saturated rings. The largest absolute Gasteiger partial charge is 0.383 e. The van der Waals surface area contributed by atoms with Crippen LogP contribution in [0.2, 0.25) is 0 Å². The summed E-state index contributed by atoms with van der Waals surface area (Å²) in [5.41, 5.74) is 0.833. The van der Waals surface area contributed by atoms with Gasteiger partial charge in [-0.2, -0.15) is 0 Å². The van der Waals surface area contributed by atoms with Gasteiger partial charge in [-0.1, -0.05) is 25.2 Å². The van der Waals surface area contributed by atoms with Crippen LogP contribution in [-0.4, -0.2) is 42.2 Å². The van der Waals surface area contributed by atoms with Crippen molar-refractivity contribution in [1.29, 1.82) is 0 Å². The SMILES string of the molecule is COCCN(CC(C)C)C(=O)Cn1c(C)csc1=O. The number of aromatic nitrogens is 1. The first-order valence-electron chi connectivity index (χ1n) is 6.37. The Morgan fingerprint density at radius 3 is 2.68 bits per heavy atom. The van der Waals surface area contributed by atoms with Gasteiger partial charge >= 0.3 is 4.87 Å². The van der Waals surface area contributed by atoms with Gasteiger partial charge in [0.15, 0.2) is 0 Å². The van der Waals surface area contributed by atoms with Crippen LogP contribution in [0.5, 0.6) is 0 Å². The van der Waals surface area contributed by atoms with E-state index in [2.05, 4.69) is 13.8 Å². The fourth-order valence-electron chi connectivity index (χ4n) is 1.79. The third-order valence-corrected chi connectivity index (χ3v) is 3.65. The highest BCUT2D eigenvalue weighted by Crippen LogP contribution is 2.04. The first kappa shape index (κ1) is 15.9. The summed E-state index contributed by atoms with van der Waals surface area (Å²) < 4.78 is 6.55. The lowest BCUT2D eigenvalue weighted by Gasteiger charge is -2.24. The Hall–Kier alpha value is -1.14. The predicted molar refractivity (Wildman–Crippen MR) is 76.6 cm³/mol. The van der Waals surface area contributed by atoms with Crippen LogP contribution in [0, 0.1) is 12.8 Å². The maximum atomic E-state index is 12.3. The van der Waals surface area contributed by atoms with Crippen LogP contribution in [0.25, 0.3) is 0 Å². The molecule has 0 N–H and O–H groups in total. The van der Waals surface area contributed by atoms with Gasteiger partial charge in [0, 0.05) is 31.3 Å². The summed E-state index contributed by atoms with van der Waals surface area (Å²) in [6.07, 6.45) is 0. The second-order valence-corrected chi connectivity index (χ2v) is 5.78. The predicted octanol–water partition coefficient (Wildman–Crippen LogP) is 1.35. The Morgan fingerprint density at radius 2 is 2.21 bits per heavy atom. The molecule has 0 saturated heterocycles. The van der Waals surface area contributed by atoms with Crippen LogP contribution in [0.4, 0.5) is 0 Å². The van der Waals surface area contributed by atoms with Gasteiger partial charge in [0.2, 0.25) is 5.91 Å². The van der Waals surface area contributed by atoms with Crippen molar-refractivity contribution in [3.05, 3.63) is 20.7 Å². The van der Waals surface area contributed by atoms with Crippen molar-refractivity contribution in [2.75, 3.05) is 26.8 Å². The van der Waals surface area contributed by atoms with Gasteiger partial charge in [0.1, 0.15) is 6.54 Å². The number of thiazole rings is 1. The van der Waals surface area contributed by atoms with E-state index in [0.29, 0.717) is 25.6 Å². The number of carbonyl (C=O) groups excluding carboxylic acids is 1. The lowest BCUT2D eigenvalue weighted by molar-refractivity contribution is -0.133. The van der Waals surface area contributed by atoms with Crippen molar-refractivity contribution < 1.29 is 9.53 Å². The van der Waals surface area contributed by atoms with E-state index in [4.69, 9.17) is 4.74 Å². The fourth-order valence-corrected chi connectivity index (χ4v) is 2.53. The zero-order valence-electron chi connectivity index (χ0n) is 12.0. The number of carbonyl (C=O) groups is 1. The van der Waals surface area contributed by atoms with Gasteiger partial charge in [-0.15, -0.1) is 0 Å². The number of hydrogen-bond acceptors (Lipinski definition) is 4. The first-order valence-corrected chi connectivity index (χ1v) is 7.25. The maximum absolute atomic E-state index is 12.3. The molecule has 6 heteroatoms. The Labute approximate surface area is 117 Å². The highest BCUT2D eigenvalue weighted by atomic mass is 32.1. The molecular formula is C13H22N2O3S. The van der Waals surface area contributed by atoms with Crippen LogP contribution in [-0.2, 0) is 16.1 Å². The van der Waals surface area contributed by atoms with Crippen LogP contribution in [0.1, 0.15) is 19.5 Å². The summed E-state index contributed by atoms with van der Waals surface area (Å²) in [5, 5.41) is 1.78. The van der Waals surface area contributed by atoms with Crippen LogP contribution in [0.3, 0.4) is 0 Å². The standard InChI is InChI=1S/C13H22N2O3S/c1-10(2)7-14(5-6-18-4)12(16)8-15-11(3)9-19-13(15)17/h9-10H,5-8H2,1-4H3. The maximum Gasteiger partial charge on any atom is 0.307 e. The molecule has 0 aromatic carbocycles. The molecule has 0 unspecified atom stereocenters. The summed E-state index contributed by atoms with van der Waals surface area (Å²) in [6.45, 7) is 7.84. The second kappa shape index (κ2) is 7.45. The van der Waals surface area contributed by atoms with E-state index < -0.39 is 0 Å². The molecule has 0 atom stereocenters. The van der Waals surface area contributed by atoms with E-state index in [-0.39, 0.29) is 17.3 Å². The fraction of sp³-hybridized carbons (Fsp3) is 0.692. The van der Waals surface area contributed by atoms with Gasteiger partial charge in [0.05, 0.1) is 6.61 Å². The molecule has 19 heavy (non-hydrogen) atoms. The number of methoxy groups -OCH3 is 1. The van der Waals surface area contributed by atoms with Gasteiger partial charge in [-0.25, -0.2) is 0 Å². The highest BCUT2D eigenvalue weighted by molar-refractivity contribution is 7.07. The molecular weight excluding hydrogens is 264 g/mol. The zero-order valence-corrected chi connectivity index (χ0v) is 12.8. The number of hydrogen-bond donors (Lipinski definition) is 0. The van der Waals surface area contributed by atoms with Crippen LogP contribution >= 0.6 is 11.3 Å². The van der Waals surface area contributed by atoms with Crippen molar-refractivity contribution in [1.82, 2.24) is 9.47 Å². The van der Waals surface area contributed by atoms with E-state index in [1.165, 1.54) is 4.57 Å². The van der Waals surface area contributed by atoms with Crippen LogP contribution < -0.4 is 4.87 Å². The number of nitrogens with zero attached hydrogens (tertiary/aromatic N) is 2. The van der Waals surface area contributed by atoms with Crippen molar-refractivity contribution >= 4 is 17.2 Å². The molecule has 108 valence electrons. The summed E-state index contributed by atoms with van der Waals surface area (Å²) >= 11 is 1.13. The van der Waals surface area contributed by atoms with Gasteiger partial charge in [-0.3, -0.25) is 14.2 Å². The monoisotopic (exact) mass is 286 g/mol. The smallest absolute Gasteiger partial charge is 0.307 e. The molecule has 1 aromatic heterocycles. The molecule has 0 bridgehead atoms. The number of ether oxygens (including phenoxy) is 1. The molecule has 1 aromatic rings. The quantitative estimate of drug-likeness (QED) is 0.760. The average Bonchev–Trinajstić information content (AvgIpc) is 2.65. The number of rotatable bonds is 7. The molecule has 0 saturated carbocycles. The number of aryl methyl sites for hydroxylation is 1. The minimum absolute atomic E-state index is 0.0330. The summed E-state index contributed by atoms with van der Waals surface area (Å²) in [6, 6.07) is 0. The van der Waals surface area contributed by atoms with E-state index in [0.717, 1.165) is 17.0 Å². The highest BCUT2D eigenvalue weighted by Gasteiger charge is 2.16. The third-order valence-electron chi connectivity index (χ3n) is 2.77. The van der Waals surface area contributed by atoms with Crippen molar-refractivity contribution in [3.8, 4) is 0 Å². The molecule has 1 amide bonds. The lowest BCUT2D eigenvalue weighted by Crippen LogP contribution is -2.40. The lowest BCUT2D eigenvalue weighted by atomic mass is 10.2.